The summed E-state index contributed by atoms with van der Waals surface area (Å²) in [5.74, 6) is 1.17. The average Bonchev–Trinajstić information content (AvgIpc) is 2.38. The first-order valence-corrected chi connectivity index (χ1v) is 7.20. The molecule has 1 N–H and O–H groups in total. The van der Waals surface area contributed by atoms with E-state index in [1.165, 1.54) is 22.5 Å². The minimum Gasteiger partial charge on any atom is -0.352 e. The van der Waals surface area contributed by atoms with Crippen LogP contribution in [0.1, 0.15) is 37.1 Å². The highest BCUT2D eigenvalue weighted by Crippen LogP contribution is 2.25. The lowest BCUT2D eigenvalue weighted by atomic mass is 10.1. The zero-order valence-corrected chi connectivity index (χ0v) is 12.6. The van der Waals surface area contributed by atoms with E-state index < -0.39 is 0 Å². The van der Waals surface area contributed by atoms with Crippen molar-refractivity contribution in [2.75, 3.05) is 24.5 Å². The Morgan fingerprint density at radius 1 is 1.32 bits per heavy atom. The van der Waals surface area contributed by atoms with Gasteiger partial charge in [-0.25, -0.2) is 4.98 Å². The molecule has 3 nitrogen and oxygen atoms in total. The minimum absolute atomic E-state index is 0.907. The summed E-state index contributed by atoms with van der Waals surface area (Å²) in [5, 5.41) is 3.43. The van der Waals surface area contributed by atoms with Crippen LogP contribution in [-0.4, -0.2) is 24.6 Å². The summed E-state index contributed by atoms with van der Waals surface area (Å²) in [5.41, 5.74) is 5.29. The lowest BCUT2D eigenvalue weighted by Crippen LogP contribution is -2.31. The van der Waals surface area contributed by atoms with Crippen molar-refractivity contribution in [1.82, 2.24) is 10.3 Å². The Kier molecular flexibility index (Phi) is 4.59. The van der Waals surface area contributed by atoms with Gasteiger partial charge in [0.05, 0.1) is 0 Å². The van der Waals surface area contributed by atoms with Crippen molar-refractivity contribution >= 4 is 5.82 Å². The summed E-state index contributed by atoms with van der Waals surface area (Å²) >= 11 is 0. The summed E-state index contributed by atoms with van der Waals surface area (Å²) in [6.45, 7) is 12.6. The Morgan fingerprint density at radius 3 is 2.74 bits per heavy atom. The molecule has 1 aromatic heterocycles. The maximum Gasteiger partial charge on any atom is 0.133 e. The molecule has 0 radical (unpaired) electrons. The molecule has 3 heteroatoms. The van der Waals surface area contributed by atoms with Gasteiger partial charge in [0.1, 0.15) is 5.82 Å². The van der Waals surface area contributed by atoms with Crippen molar-refractivity contribution in [2.45, 2.75) is 40.7 Å². The number of aromatic nitrogens is 1. The molecule has 19 heavy (non-hydrogen) atoms. The second kappa shape index (κ2) is 6.20. The Morgan fingerprint density at radius 2 is 2.11 bits per heavy atom. The van der Waals surface area contributed by atoms with Crippen LogP contribution < -0.4 is 10.2 Å². The summed E-state index contributed by atoms with van der Waals surface area (Å²) in [7, 11) is 0. The highest BCUT2D eigenvalue weighted by molar-refractivity contribution is 5.53. The fourth-order valence-corrected chi connectivity index (χ4v) is 2.54. The van der Waals surface area contributed by atoms with Crippen molar-refractivity contribution in [3.8, 4) is 0 Å². The van der Waals surface area contributed by atoms with Crippen LogP contribution in [0.2, 0.25) is 0 Å². The van der Waals surface area contributed by atoms with Crippen molar-refractivity contribution in [2.24, 2.45) is 0 Å². The Bertz CT molecular complexity index is 477. The van der Waals surface area contributed by atoms with Crippen LogP contribution in [-0.2, 0) is 6.54 Å². The lowest BCUT2D eigenvalue weighted by molar-refractivity contribution is 0.705. The Hall–Kier alpha value is -1.35. The zero-order chi connectivity index (χ0) is 13.8. The van der Waals surface area contributed by atoms with Gasteiger partial charge in [-0.2, -0.15) is 0 Å². The normalized spacial score (nSPS) is 15.6. The number of anilines is 1. The lowest BCUT2D eigenvalue weighted by Gasteiger charge is -2.29. The molecule has 0 saturated carbocycles. The second-order valence-corrected chi connectivity index (χ2v) is 5.41. The van der Waals surface area contributed by atoms with Crippen LogP contribution in [0.25, 0.3) is 0 Å². The molecule has 0 amide bonds. The van der Waals surface area contributed by atoms with Crippen LogP contribution in [0.15, 0.2) is 17.7 Å². The number of pyridine rings is 1. The SMILES string of the molecule is CCNCc1c(C)cc(C)nc1N1CC=C(C)CC1. The molecule has 0 bridgehead atoms. The quantitative estimate of drug-likeness (QED) is 0.843. The number of hydrogen-bond donors (Lipinski definition) is 1. The van der Waals surface area contributed by atoms with Gasteiger partial charge >= 0.3 is 0 Å². The average molecular weight is 259 g/mol. The summed E-state index contributed by atoms with van der Waals surface area (Å²) in [6.07, 6.45) is 3.47. The molecule has 1 aliphatic rings. The first-order chi connectivity index (χ1) is 9.11. The molecular weight excluding hydrogens is 234 g/mol. The van der Waals surface area contributed by atoms with Crippen LogP contribution in [0, 0.1) is 13.8 Å². The topological polar surface area (TPSA) is 28.2 Å². The molecule has 2 heterocycles. The molecule has 0 saturated heterocycles. The first kappa shape index (κ1) is 14.1. The molecule has 104 valence electrons. The van der Waals surface area contributed by atoms with Crippen molar-refractivity contribution in [3.63, 3.8) is 0 Å². The van der Waals surface area contributed by atoms with Crippen molar-refractivity contribution < 1.29 is 0 Å². The van der Waals surface area contributed by atoms with E-state index >= 15 is 0 Å². The first-order valence-electron chi connectivity index (χ1n) is 7.20. The Balaban J connectivity index is 2.31. The van der Waals surface area contributed by atoms with Gasteiger partial charge in [-0.3, -0.25) is 0 Å². The fraction of sp³-hybridized carbons (Fsp3) is 0.562. The monoisotopic (exact) mass is 259 g/mol. The van der Waals surface area contributed by atoms with E-state index in [1.54, 1.807) is 0 Å². The van der Waals surface area contributed by atoms with Gasteiger partial charge < -0.3 is 10.2 Å². The molecule has 0 fully saturated rings. The number of nitrogens with one attached hydrogen (secondary N) is 1. The molecule has 0 spiro atoms. The third kappa shape index (κ3) is 3.35. The molecule has 2 rings (SSSR count). The molecular formula is C16H25N3. The molecule has 0 aromatic carbocycles. The largest absolute Gasteiger partial charge is 0.352 e. The molecule has 0 aliphatic carbocycles. The number of nitrogens with zero attached hydrogens (tertiary/aromatic N) is 2. The van der Waals surface area contributed by atoms with E-state index in [0.29, 0.717) is 0 Å². The van der Waals surface area contributed by atoms with Gasteiger partial charge in [0, 0.05) is 30.9 Å². The maximum atomic E-state index is 4.79. The Labute approximate surface area is 116 Å². The van der Waals surface area contributed by atoms with Crippen molar-refractivity contribution in [1.29, 1.82) is 0 Å². The third-order valence-corrected chi connectivity index (χ3v) is 3.74. The van der Waals surface area contributed by atoms with E-state index in [4.69, 9.17) is 4.98 Å². The second-order valence-electron chi connectivity index (χ2n) is 5.41. The predicted octanol–water partition coefficient (Wildman–Crippen LogP) is 2.96. The van der Waals surface area contributed by atoms with Crippen LogP contribution >= 0.6 is 0 Å². The summed E-state index contributed by atoms with van der Waals surface area (Å²) in [6, 6.07) is 2.18. The van der Waals surface area contributed by atoms with Crippen LogP contribution in [0.4, 0.5) is 5.82 Å². The van der Waals surface area contributed by atoms with Crippen molar-refractivity contribution in [3.05, 3.63) is 34.5 Å². The maximum absolute atomic E-state index is 4.79. The molecule has 1 aromatic rings. The smallest absolute Gasteiger partial charge is 0.133 e. The predicted molar refractivity (Wildman–Crippen MR) is 81.7 cm³/mol. The van der Waals surface area contributed by atoms with Gasteiger partial charge in [0.25, 0.3) is 0 Å². The van der Waals surface area contributed by atoms with E-state index in [0.717, 1.165) is 38.3 Å². The van der Waals surface area contributed by atoms with E-state index in [9.17, 15) is 0 Å². The molecule has 0 unspecified atom stereocenters. The summed E-state index contributed by atoms with van der Waals surface area (Å²) < 4.78 is 0. The number of hydrogen-bond acceptors (Lipinski definition) is 3. The summed E-state index contributed by atoms with van der Waals surface area (Å²) in [4.78, 5) is 7.19. The van der Waals surface area contributed by atoms with Crippen LogP contribution in [0.3, 0.4) is 0 Å². The molecule has 0 atom stereocenters. The number of rotatable bonds is 4. The van der Waals surface area contributed by atoms with E-state index in [-0.39, 0.29) is 0 Å². The molecule has 1 aliphatic heterocycles. The van der Waals surface area contributed by atoms with Gasteiger partial charge in [-0.1, -0.05) is 18.6 Å². The highest BCUT2D eigenvalue weighted by atomic mass is 15.2. The third-order valence-electron chi connectivity index (χ3n) is 3.74. The minimum atomic E-state index is 0.907. The van der Waals surface area contributed by atoms with E-state index in [1.807, 2.05) is 0 Å². The zero-order valence-electron chi connectivity index (χ0n) is 12.6. The van der Waals surface area contributed by atoms with Gasteiger partial charge in [-0.05, 0) is 45.4 Å². The highest BCUT2D eigenvalue weighted by Gasteiger charge is 2.17. The van der Waals surface area contributed by atoms with Gasteiger partial charge in [0.2, 0.25) is 0 Å². The van der Waals surface area contributed by atoms with Crippen LogP contribution in [0.5, 0.6) is 0 Å². The van der Waals surface area contributed by atoms with Gasteiger partial charge in [0.15, 0.2) is 0 Å². The standard InChI is InChI=1S/C16H25N3/c1-5-17-11-15-13(3)10-14(4)18-16(15)19-8-6-12(2)7-9-19/h6,10,17H,5,7-9,11H2,1-4H3. The van der Waals surface area contributed by atoms with Gasteiger partial charge in [-0.15, -0.1) is 0 Å². The number of aryl methyl sites for hydroxylation is 2. The fourth-order valence-electron chi connectivity index (χ4n) is 2.54. The van der Waals surface area contributed by atoms with E-state index in [2.05, 4.69) is 50.1 Å².